The zero-order chi connectivity index (χ0) is 53.1. The van der Waals surface area contributed by atoms with E-state index in [2.05, 4.69) is 269 Å². The summed E-state index contributed by atoms with van der Waals surface area (Å²) in [6, 6.07) is 75.2. The van der Waals surface area contributed by atoms with Gasteiger partial charge in [-0.1, -0.05) is 245 Å². The minimum atomic E-state index is -3.46. The molecule has 10 aromatic carbocycles. The SMILES string of the molecule is Cc1cc(Cc2ccccc2)c(Cc2ccccc2)c(C)c1[Si](c1c(C)cc(Cc2ccccc2)c(Cc2ccccc2)c1C)(c1c(C)cc(Cc2ccccc2)c(Cc2ccccc2)c1C)c1c(C)c(C)c(C)[c-]1C.[Cl-].[Cl-].[Cl-].[Ti+4]. The molecule has 0 fully saturated rings. The number of benzene rings is 9. The molecule has 10 aromatic rings. The second-order valence-corrected chi connectivity index (χ2v) is 25.6. The van der Waals surface area contributed by atoms with E-state index in [1.165, 1.54) is 122 Å². The van der Waals surface area contributed by atoms with Crippen molar-refractivity contribution in [2.45, 2.75) is 108 Å². The first-order valence-electron chi connectivity index (χ1n) is 27.7. The van der Waals surface area contributed by atoms with E-state index in [0.29, 0.717) is 0 Å². The molecule has 0 radical (unpaired) electrons. The molecule has 0 heterocycles. The van der Waals surface area contributed by atoms with E-state index >= 15 is 0 Å². The van der Waals surface area contributed by atoms with Gasteiger partial charge in [-0.2, -0.15) is 27.4 Å². The zero-order valence-electron chi connectivity index (χ0n) is 48.4. The van der Waals surface area contributed by atoms with Gasteiger partial charge in [0.25, 0.3) is 0 Å². The topological polar surface area (TPSA) is 0 Å². The van der Waals surface area contributed by atoms with Gasteiger partial charge in [-0.3, -0.25) is 0 Å². The van der Waals surface area contributed by atoms with Gasteiger partial charge < -0.3 is 37.2 Å². The molecule has 0 unspecified atom stereocenters. The minimum Gasteiger partial charge on any atom is -1.00 e. The molecule has 0 bridgehead atoms. The van der Waals surface area contributed by atoms with Crippen LogP contribution in [-0.4, -0.2) is 8.07 Å². The molecular weight excluding hydrogens is 1080 g/mol. The molecular formula is C75H75Cl3SiTi. The monoisotopic (exact) mass is 1160 g/mol. The molecule has 0 aromatic heterocycles. The Morgan fingerprint density at radius 3 is 0.738 bits per heavy atom. The van der Waals surface area contributed by atoms with Gasteiger partial charge in [-0.15, -0.1) is 0 Å². The normalized spacial score (nSPS) is 11.0. The van der Waals surface area contributed by atoms with Gasteiger partial charge in [-0.05, 0) is 179 Å². The summed E-state index contributed by atoms with van der Waals surface area (Å²) in [5.74, 6) is 0. The Morgan fingerprint density at radius 2 is 0.525 bits per heavy atom. The Hall–Kier alpha value is -5.87. The summed E-state index contributed by atoms with van der Waals surface area (Å²) in [4.78, 5) is 0. The smallest absolute Gasteiger partial charge is 1.00 e. The molecule has 0 atom stereocenters. The predicted octanol–water partition coefficient (Wildman–Crippen LogP) is 6.42. The fourth-order valence-corrected chi connectivity index (χ4v) is 20.8. The zero-order valence-corrected chi connectivity index (χ0v) is 53.3. The Bertz CT molecular complexity index is 3300. The number of hydrogen-bond donors (Lipinski definition) is 0. The fraction of sp³-hybridized carbons (Fsp3) is 0.213. The van der Waals surface area contributed by atoms with Crippen LogP contribution in [0.2, 0.25) is 0 Å². The number of aryl methyl sites for hydroxylation is 3. The van der Waals surface area contributed by atoms with E-state index in [1.807, 2.05) is 0 Å². The third-order valence-electron chi connectivity index (χ3n) is 17.3. The summed E-state index contributed by atoms with van der Waals surface area (Å²) < 4.78 is 0. The number of hydrogen-bond acceptors (Lipinski definition) is 0. The Labute approximate surface area is 514 Å². The van der Waals surface area contributed by atoms with E-state index in [1.54, 1.807) is 20.7 Å². The van der Waals surface area contributed by atoms with Crippen molar-refractivity contribution >= 4 is 28.8 Å². The van der Waals surface area contributed by atoms with E-state index in [4.69, 9.17) is 0 Å². The van der Waals surface area contributed by atoms with Crippen LogP contribution in [0, 0.1) is 69.2 Å². The molecule has 0 aliphatic carbocycles. The summed E-state index contributed by atoms with van der Waals surface area (Å²) in [6.45, 7) is 24.8. The Balaban J connectivity index is 0.00000258. The van der Waals surface area contributed by atoms with Crippen LogP contribution in [0.25, 0.3) is 0 Å². The predicted molar refractivity (Wildman–Crippen MR) is 329 cm³/mol. The summed E-state index contributed by atoms with van der Waals surface area (Å²) >= 11 is 0. The summed E-state index contributed by atoms with van der Waals surface area (Å²) in [6.07, 6.45) is 5.24. The second-order valence-electron chi connectivity index (χ2n) is 22.1. The van der Waals surface area contributed by atoms with Gasteiger partial charge in [0.15, 0.2) is 8.07 Å². The standard InChI is InChI=1S/C75H75Si.3ClH.Ti/c1-50-41-66(44-60-29-17-11-18-30-60)69(47-63-35-23-14-24-36-63)57(8)72(50)76(75-55(6)53(4)54(5)56(75)7,73-51(2)42-67(45-61-31-19-12-20-32-61)70(58(73)9)48-64-37-25-15-26-38-64)74-52(3)43-68(46-62-33-21-13-22-34-62)71(59(74)10)49-65-39-27-16-28-40-65;;;;/h11-43H,44-49H2,1-10H3;3*1H;/q-1;;;;+4/p-3. The van der Waals surface area contributed by atoms with Gasteiger partial charge in [0.05, 0.1) is 0 Å². The third-order valence-corrected chi connectivity index (χ3v) is 23.4. The van der Waals surface area contributed by atoms with Gasteiger partial charge in [0, 0.05) is 0 Å². The van der Waals surface area contributed by atoms with Crippen LogP contribution >= 0.6 is 0 Å². The van der Waals surface area contributed by atoms with Crippen LogP contribution in [0.15, 0.2) is 200 Å². The number of halogens is 3. The van der Waals surface area contributed by atoms with Crippen molar-refractivity contribution in [2.24, 2.45) is 0 Å². The summed E-state index contributed by atoms with van der Waals surface area (Å²) in [7, 11) is -3.46. The van der Waals surface area contributed by atoms with Crippen molar-refractivity contribution in [2.75, 3.05) is 0 Å². The average Bonchev–Trinajstić information content (AvgIpc) is 3.78. The van der Waals surface area contributed by atoms with Crippen LogP contribution in [0.3, 0.4) is 0 Å². The van der Waals surface area contributed by atoms with Crippen LogP contribution in [0.5, 0.6) is 0 Å². The molecule has 0 aliphatic rings. The maximum atomic E-state index is 2.64. The van der Waals surface area contributed by atoms with Crippen molar-refractivity contribution in [1.82, 2.24) is 0 Å². The summed E-state index contributed by atoms with van der Waals surface area (Å²) in [5, 5.41) is 6.26. The second kappa shape index (κ2) is 27.7. The van der Waals surface area contributed by atoms with Gasteiger partial charge in [0.2, 0.25) is 0 Å². The van der Waals surface area contributed by atoms with E-state index in [9.17, 15) is 0 Å². The van der Waals surface area contributed by atoms with Crippen molar-refractivity contribution in [1.29, 1.82) is 0 Å². The molecule has 0 nitrogen and oxygen atoms in total. The van der Waals surface area contributed by atoms with E-state index in [-0.39, 0.29) is 58.9 Å². The number of rotatable bonds is 16. The first kappa shape index (κ1) is 63.3. The first-order chi connectivity index (χ1) is 36.8. The molecule has 0 amide bonds. The minimum absolute atomic E-state index is 0. The molecule has 5 heteroatoms. The Morgan fingerprint density at radius 1 is 0.300 bits per heavy atom. The molecule has 80 heavy (non-hydrogen) atoms. The molecule has 0 saturated carbocycles. The molecule has 0 aliphatic heterocycles. The molecule has 0 saturated heterocycles. The summed E-state index contributed by atoms with van der Waals surface area (Å²) in [5.41, 5.74) is 31.0. The van der Waals surface area contributed by atoms with Crippen molar-refractivity contribution in [3.05, 3.63) is 323 Å². The fourth-order valence-electron chi connectivity index (χ4n) is 13.6. The third kappa shape index (κ3) is 12.6. The average molecular weight is 1160 g/mol. The van der Waals surface area contributed by atoms with Crippen molar-refractivity contribution < 1.29 is 58.9 Å². The molecule has 10 rings (SSSR count). The molecule has 0 spiro atoms. The van der Waals surface area contributed by atoms with Gasteiger partial charge in [-0.25, -0.2) is 0 Å². The van der Waals surface area contributed by atoms with Crippen molar-refractivity contribution in [3.8, 4) is 0 Å². The van der Waals surface area contributed by atoms with Gasteiger partial charge in [0.1, 0.15) is 0 Å². The van der Waals surface area contributed by atoms with Crippen LogP contribution in [-0.2, 0) is 60.2 Å². The van der Waals surface area contributed by atoms with Crippen LogP contribution in [0.4, 0.5) is 0 Å². The maximum Gasteiger partial charge on any atom is 4.00 e. The first-order valence-corrected chi connectivity index (χ1v) is 29.7. The van der Waals surface area contributed by atoms with Crippen LogP contribution in [0.1, 0.15) is 122 Å². The van der Waals surface area contributed by atoms with Crippen molar-refractivity contribution in [3.63, 3.8) is 0 Å². The van der Waals surface area contributed by atoms with Crippen LogP contribution < -0.4 is 58.0 Å². The molecule has 0 N–H and O–H groups in total. The van der Waals surface area contributed by atoms with E-state index in [0.717, 1.165) is 38.5 Å². The van der Waals surface area contributed by atoms with Gasteiger partial charge >= 0.3 is 21.7 Å². The largest absolute Gasteiger partial charge is 4.00 e. The molecule has 404 valence electrons. The Kier molecular flexibility index (Phi) is 21.9. The quantitative estimate of drug-likeness (QED) is 0.0596. The van der Waals surface area contributed by atoms with E-state index < -0.39 is 8.07 Å². The maximum absolute atomic E-state index is 3.46.